The Balaban J connectivity index is 3.03. The first-order valence-electron chi connectivity index (χ1n) is 4.44. The molecule has 0 N–H and O–H groups in total. The van der Waals surface area contributed by atoms with Crippen molar-refractivity contribution in [1.82, 2.24) is 4.98 Å². The highest BCUT2D eigenvalue weighted by molar-refractivity contribution is 6.29. The molecule has 0 atom stereocenters. The lowest BCUT2D eigenvalue weighted by Crippen LogP contribution is -2.00. The van der Waals surface area contributed by atoms with Crippen molar-refractivity contribution < 1.29 is 4.74 Å². The van der Waals surface area contributed by atoms with E-state index in [0.29, 0.717) is 23.6 Å². The molecule has 1 heterocycles. The fourth-order valence-electron chi connectivity index (χ4n) is 1.12. The van der Waals surface area contributed by atoms with Gasteiger partial charge in [0, 0.05) is 5.56 Å². The number of halogens is 1. The largest absolute Gasteiger partial charge is 0.478 e. The second kappa shape index (κ2) is 4.47. The van der Waals surface area contributed by atoms with Crippen LogP contribution in [0, 0.1) is 0 Å². The topological polar surface area (TPSA) is 22.1 Å². The zero-order chi connectivity index (χ0) is 9.84. The lowest BCUT2D eigenvalue weighted by Gasteiger charge is -2.11. The van der Waals surface area contributed by atoms with Crippen LogP contribution in [0.3, 0.4) is 0 Å². The molecular formula is C10H14ClNO. The minimum Gasteiger partial charge on any atom is -0.478 e. The first-order chi connectivity index (χ1) is 6.15. The molecule has 1 rings (SSSR count). The lowest BCUT2D eigenvalue weighted by molar-refractivity contribution is 0.321. The zero-order valence-corrected chi connectivity index (χ0v) is 8.93. The smallest absolute Gasteiger partial charge is 0.218 e. The van der Waals surface area contributed by atoms with E-state index in [0.717, 1.165) is 5.56 Å². The normalized spacial score (nSPS) is 10.5. The third-order valence-electron chi connectivity index (χ3n) is 1.76. The summed E-state index contributed by atoms with van der Waals surface area (Å²) in [5, 5.41) is 0.479. The minimum absolute atomic E-state index is 0.409. The van der Waals surface area contributed by atoms with E-state index in [1.165, 1.54) is 0 Å². The van der Waals surface area contributed by atoms with Gasteiger partial charge < -0.3 is 4.74 Å². The molecule has 0 aliphatic rings. The molecule has 0 spiro atoms. The van der Waals surface area contributed by atoms with Gasteiger partial charge in [0.05, 0.1) is 6.61 Å². The highest BCUT2D eigenvalue weighted by atomic mass is 35.5. The number of aromatic nitrogens is 1. The van der Waals surface area contributed by atoms with Crippen LogP contribution in [-0.2, 0) is 0 Å². The van der Waals surface area contributed by atoms with Crippen molar-refractivity contribution in [2.24, 2.45) is 0 Å². The van der Waals surface area contributed by atoms with Gasteiger partial charge in [0.2, 0.25) is 5.88 Å². The molecule has 1 aromatic heterocycles. The molecule has 0 radical (unpaired) electrons. The van der Waals surface area contributed by atoms with Gasteiger partial charge in [-0.05, 0) is 18.9 Å². The summed E-state index contributed by atoms with van der Waals surface area (Å²) in [5.74, 6) is 1.07. The Morgan fingerprint density at radius 1 is 1.46 bits per heavy atom. The van der Waals surface area contributed by atoms with Crippen LogP contribution in [0.4, 0.5) is 0 Å². The Bertz CT molecular complexity index is 286. The van der Waals surface area contributed by atoms with Crippen molar-refractivity contribution in [1.29, 1.82) is 0 Å². The van der Waals surface area contributed by atoms with E-state index in [4.69, 9.17) is 16.3 Å². The molecule has 72 valence electrons. The molecule has 13 heavy (non-hydrogen) atoms. The van der Waals surface area contributed by atoms with Gasteiger partial charge in [0.15, 0.2) is 0 Å². The van der Waals surface area contributed by atoms with Gasteiger partial charge in [-0.2, -0.15) is 0 Å². The number of pyridine rings is 1. The van der Waals surface area contributed by atoms with Crippen LogP contribution >= 0.6 is 11.6 Å². The van der Waals surface area contributed by atoms with E-state index in [1.807, 2.05) is 13.0 Å². The minimum atomic E-state index is 0.409. The van der Waals surface area contributed by atoms with Gasteiger partial charge in [0.25, 0.3) is 0 Å². The molecular weight excluding hydrogens is 186 g/mol. The van der Waals surface area contributed by atoms with Gasteiger partial charge in [-0.25, -0.2) is 4.98 Å². The molecule has 0 aliphatic carbocycles. The van der Waals surface area contributed by atoms with E-state index >= 15 is 0 Å². The van der Waals surface area contributed by atoms with Crippen LogP contribution in [-0.4, -0.2) is 11.6 Å². The summed E-state index contributed by atoms with van der Waals surface area (Å²) < 4.78 is 5.38. The van der Waals surface area contributed by atoms with Crippen molar-refractivity contribution in [2.75, 3.05) is 6.61 Å². The van der Waals surface area contributed by atoms with Gasteiger partial charge in [-0.1, -0.05) is 31.5 Å². The number of hydrogen-bond donors (Lipinski definition) is 0. The maximum absolute atomic E-state index is 5.77. The van der Waals surface area contributed by atoms with Crippen molar-refractivity contribution in [2.45, 2.75) is 26.7 Å². The van der Waals surface area contributed by atoms with Crippen molar-refractivity contribution in [3.05, 3.63) is 22.8 Å². The van der Waals surface area contributed by atoms with Crippen molar-refractivity contribution >= 4 is 11.6 Å². The Kier molecular flexibility index (Phi) is 3.55. The first-order valence-corrected chi connectivity index (χ1v) is 4.82. The van der Waals surface area contributed by atoms with E-state index < -0.39 is 0 Å². The molecule has 0 fully saturated rings. The Labute approximate surface area is 83.9 Å². The molecule has 2 nitrogen and oxygen atoms in total. The standard InChI is InChI=1S/C10H14ClNO/c1-4-13-10-8(7(2)3)5-6-9(11)12-10/h5-7H,4H2,1-3H3. The number of rotatable bonds is 3. The summed E-state index contributed by atoms with van der Waals surface area (Å²) in [5.41, 5.74) is 1.10. The first kappa shape index (κ1) is 10.3. The number of ether oxygens (including phenoxy) is 1. The third kappa shape index (κ3) is 2.59. The van der Waals surface area contributed by atoms with Crippen LogP contribution in [0.5, 0.6) is 5.88 Å². The zero-order valence-electron chi connectivity index (χ0n) is 8.17. The summed E-state index contributed by atoms with van der Waals surface area (Å²) in [6.45, 7) is 6.76. The molecule has 0 bridgehead atoms. The lowest BCUT2D eigenvalue weighted by atomic mass is 10.1. The number of hydrogen-bond acceptors (Lipinski definition) is 2. The Morgan fingerprint density at radius 3 is 2.69 bits per heavy atom. The monoisotopic (exact) mass is 199 g/mol. The molecule has 0 saturated heterocycles. The fourth-order valence-corrected chi connectivity index (χ4v) is 1.26. The fraction of sp³-hybridized carbons (Fsp3) is 0.500. The van der Waals surface area contributed by atoms with E-state index in [1.54, 1.807) is 6.07 Å². The molecule has 0 aromatic carbocycles. The van der Waals surface area contributed by atoms with E-state index in [-0.39, 0.29) is 0 Å². The van der Waals surface area contributed by atoms with Crippen molar-refractivity contribution in [3.8, 4) is 5.88 Å². The van der Waals surface area contributed by atoms with Crippen LogP contribution < -0.4 is 4.74 Å². The molecule has 0 unspecified atom stereocenters. The molecule has 0 aliphatic heterocycles. The number of nitrogens with zero attached hydrogens (tertiary/aromatic N) is 1. The van der Waals surface area contributed by atoms with Crippen LogP contribution in [0.1, 0.15) is 32.3 Å². The van der Waals surface area contributed by atoms with E-state index in [9.17, 15) is 0 Å². The molecule has 0 amide bonds. The van der Waals surface area contributed by atoms with E-state index in [2.05, 4.69) is 18.8 Å². The summed E-state index contributed by atoms with van der Waals surface area (Å²) >= 11 is 5.77. The SMILES string of the molecule is CCOc1nc(Cl)ccc1C(C)C. The highest BCUT2D eigenvalue weighted by Gasteiger charge is 2.09. The van der Waals surface area contributed by atoms with Crippen LogP contribution in [0.15, 0.2) is 12.1 Å². The van der Waals surface area contributed by atoms with Crippen LogP contribution in [0.25, 0.3) is 0 Å². The predicted octanol–water partition coefficient (Wildman–Crippen LogP) is 3.26. The summed E-state index contributed by atoms with van der Waals surface area (Å²) in [4.78, 5) is 4.13. The Hall–Kier alpha value is -0.760. The van der Waals surface area contributed by atoms with Crippen molar-refractivity contribution in [3.63, 3.8) is 0 Å². The summed E-state index contributed by atoms with van der Waals surface area (Å²) in [6.07, 6.45) is 0. The molecule has 3 heteroatoms. The maximum atomic E-state index is 5.77. The highest BCUT2D eigenvalue weighted by Crippen LogP contribution is 2.25. The average Bonchev–Trinajstić information content (AvgIpc) is 2.04. The summed E-state index contributed by atoms with van der Waals surface area (Å²) in [6, 6.07) is 3.75. The van der Waals surface area contributed by atoms with Gasteiger partial charge in [0.1, 0.15) is 5.15 Å². The molecule has 1 aromatic rings. The second-order valence-corrected chi connectivity index (χ2v) is 3.50. The third-order valence-corrected chi connectivity index (χ3v) is 1.97. The Morgan fingerprint density at radius 2 is 2.15 bits per heavy atom. The summed E-state index contributed by atoms with van der Waals surface area (Å²) in [7, 11) is 0. The maximum Gasteiger partial charge on any atom is 0.218 e. The van der Waals surface area contributed by atoms with Gasteiger partial charge in [-0.3, -0.25) is 0 Å². The quantitative estimate of drug-likeness (QED) is 0.698. The average molecular weight is 200 g/mol. The molecule has 0 saturated carbocycles. The van der Waals surface area contributed by atoms with Gasteiger partial charge in [-0.15, -0.1) is 0 Å². The second-order valence-electron chi connectivity index (χ2n) is 3.12. The van der Waals surface area contributed by atoms with Crippen LogP contribution in [0.2, 0.25) is 5.15 Å². The predicted molar refractivity (Wildman–Crippen MR) is 54.5 cm³/mol. The van der Waals surface area contributed by atoms with Gasteiger partial charge >= 0.3 is 0 Å².